The van der Waals surface area contributed by atoms with E-state index in [4.69, 9.17) is 0 Å². The van der Waals surface area contributed by atoms with Crippen LogP contribution in [-0.2, 0) is 17.8 Å². The fraction of sp³-hybridized carbons (Fsp3) is 0.474. The van der Waals surface area contributed by atoms with Crippen molar-refractivity contribution in [3.05, 3.63) is 53.6 Å². The van der Waals surface area contributed by atoms with Crippen LogP contribution >= 0.6 is 0 Å². The highest BCUT2D eigenvalue weighted by Crippen LogP contribution is 2.39. The van der Waals surface area contributed by atoms with Gasteiger partial charge in [-0.1, -0.05) is 30.3 Å². The van der Waals surface area contributed by atoms with Gasteiger partial charge in [0.15, 0.2) is 0 Å². The van der Waals surface area contributed by atoms with E-state index in [1.165, 1.54) is 29.9 Å². The summed E-state index contributed by atoms with van der Waals surface area (Å²) in [7, 11) is 0. The van der Waals surface area contributed by atoms with E-state index in [-0.39, 0.29) is 5.91 Å². The van der Waals surface area contributed by atoms with E-state index in [9.17, 15) is 4.79 Å². The number of hydrogen-bond donors (Lipinski definition) is 1. The van der Waals surface area contributed by atoms with Crippen LogP contribution in [0.25, 0.3) is 0 Å². The van der Waals surface area contributed by atoms with Gasteiger partial charge in [0.2, 0.25) is 5.91 Å². The molecule has 3 rings (SSSR count). The number of carbonyl (C=O) groups excluding carboxylic acids is 1. The maximum atomic E-state index is 11.9. The molecule has 0 spiro atoms. The molecule has 23 heavy (non-hydrogen) atoms. The van der Waals surface area contributed by atoms with Crippen LogP contribution in [0.1, 0.15) is 48.7 Å². The second kappa shape index (κ2) is 7.44. The van der Waals surface area contributed by atoms with Gasteiger partial charge in [-0.3, -0.25) is 4.79 Å². The van der Waals surface area contributed by atoms with Crippen LogP contribution in [0.3, 0.4) is 0 Å². The number of imidazole rings is 1. The van der Waals surface area contributed by atoms with Crippen LogP contribution in [0.2, 0.25) is 0 Å². The zero-order valence-corrected chi connectivity index (χ0v) is 13.8. The Kier molecular flexibility index (Phi) is 5.11. The Morgan fingerprint density at radius 3 is 2.83 bits per heavy atom. The number of rotatable bonds is 8. The molecule has 0 unspecified atom stereocenters. The summed E-state index contributed by atoms with van der Waals surface area (Å²) in [6, 6.07) is 10.3. The first-order valence-corrected chi connectivity index (χ1v) is 8.56. The Hall–Kier alpha value is -2.10. The van der Waals surface area contributed by atoms with E-state index in [1.807, 2.05) is 24.4 Å². The second-order valence-electron chi connectivity index (χ2n) is 6.37. The fourth-order valence-corrected chi connectivity index (χ4v) is 2.93. The van der Waals surface area contributed by atoms with E-state index in [1.54, 1.807) is 0 Å². The standard InChI is InChI=1S/C19H25N3O/c1-15-14-21-19(17-10-11-17)22(15)13-12-20-18(23)9-5-8-16-6-3-2-4-7-16/h2-4,6-7,14,17H,5,8-13H2,1H3,(H,20,23). The minimum Gasteiger partial charge on any atom is -0.354 e. The van der Waals surface area contributed by atoms with Gasteiger partial charge in [-0.05, 0) is 38.2 Å². The lowest BCUT2D eigenvalue weighted by molar-refractivity contribution is -0.121. The van der Waals surface area contributed by atoms with Crippen molar-refractivity contribution in [2.75, 3.05) is 6.54 Å². The maximum Gasteiger partial charge on any atom is 0.220 e. The largest absolute Gasteiger partial charge is 0.354 e. The Bertz CT molecular complexity index is 644. The maximum absolute atomic E-state index is 11.9. The van der Waals surface area contributed by atoms with Gasteiger partial charge in [-0.15, -0.1) is 0 Å². The van der Waals surface area contributed by atoms with Crippen LogP contribution in [0, 0.1) is 6.92 Å². The van der Waals surface area contributed by atoms with Crippen molar-refractivity contribution >= 4 is 5.91 Å². The average molecular weight is 311 g/mol. The zero-order valence-electron chi connectivity index (χ0n) is 13.8. The second-order valence-corrected chi connectivity index (χ2v) is 6.37. The number of carbonyl (C=O) groups is 1. The van der Waals surface area contributed by atoms with Crippen molar-refractivity contribution in [2.24, 2.45) is 0 Å². The quantitative estimate of drug-likeness (QED) is 0.814. The van der Waals surface area contributed by atoms with Crippen LogP contribution < -0.4 is 5.32 Å². The van der Waals surface area contributed by atoms with Crippen molar-refractivity contribution < 1.29 is 4.79 Å². The number of benzene rings is 1. The van der Waals surface area contributed by atoms with Gasteiger partial charge >= 0.3 is 0 Å². The third-order valence-electron chi connectivity index (χ3n) is 4.40. The van der Waals surface area contributed by atoms with Crippen molar-refractivity contribution in [1.82, 2.24) is 14.9 Å². The first-order chi connectivity index (χ1) is 11.2. The summed E-state index contributed by atoms with van der Waals surface area (Å²) >= 11 is 0. The minimum absolute atomic E-state index is 0.145. The Balaban J connectivity index is 1.37. The Labute approximate surface area is 137 Å². The lowest BCUT2D eigenvalue weighted by atomic mass is 10.1. The van der Waals surface area contributed by atoms with Crippen molar-refractivity contribution in [3.63, 3.8) is 0 Å². The molecule has 0 atom stereocenters. The predicted octanol–water partition coefficient (Wildman–Crippen LogP) is 3.21. The van der Waals surface area contributed by atoms with Crippen LogP contribution in [-0.4, -0.2) is 22.0 Å². The molecule has 1 aliphatic rings. The highest BCUT2D eigenvalue weighted by atomic mass is 16.1. The molecule has 1 saturated carbocycles. The summed E-state index contributed by atoms with van der Waals surface area (Å²) < 4.78 is 2.25. The molecular weight excluding hydrogens is 286 g/mol. The van der Waals surface area contributed by atoms with Gasteiger partial charge in [0.25, 0.3) is 0 Å². The Morgan fingerprint density at radius 2 is 2.09 bits per heavy atom. The van der Waals surface area contributed by atoms with Crippen molar-refractivity contribution in [3.8, 4) is 0 Å². The molecule has 122 valence electrons. The van der Waals surface area contributed by atoms with Crippen molar-refractivity contribution in [1.29, 1.82) is 0 Å². The third kappa shape index (κ3) is 4.44. The normalized spacial score (nSPS) is 14.0. The number of nitrogens with zero attached hydrogens (tertiary/aromatic N) is 2. The highest BCUT2D eigenvalue weighted by Gasteiger charge is 2.28. The van der Waals surface area contributed by atoms with Gasteiger partial charge < -0.3 is 9.88 Å². The molecule has 1 N–H and O–H groups in total. The summed E-state index contributed by atoms with van der Waals surface area (Å²) in [6.07, 6.45) is 6.89. The summed E-state index contributed by atoms with van der Waals surface area (Å²) in [5, 5.41) is 3.03. The zero-order chi connectivity index (χ0) is 16.1. The third-order valence-corrected chi connectivity index (χ3v) is 4.40. The van der Waals surface area contributed by atoms with E-state index >= 15 is 0 Å². The molecule has 0 aliphatic heterocycles. The fourth-order valence-electron chi connectivity index (χ4n) is 2.93. The van der Waals surface area contributed by atoms with E-state index < -0.39 is 0 Å². The number of hydrogen-bond acceptors (Lipinski definition) is 2. The molecule has 1 aromatic carbocycles. The molecule has 4 nitrogen and oxygen atoms in total. The monoisotopic (exact) mass is 311 g/mol. The van der Waals surface area contributed by atoms with Gasteiger partial charge in [0.1, 0.15) is 5.82 Å². The summed E-state index contributed by atoms with van der Waals surface area (Å²) in [6.45, 7) is 3.59. The molecular formula is C19H25N3O. The highest BCUT2D eigenvalue weighted by molar-refractivity contribution is 5.75. The molecule has 1 aliphatic carbocycles. The number of aromatic nitrogens is 2. The molecule has 0 radical (unpaired) electrons. The average Bonchev–Trinajstić information content (AvgIpc) is 3.33. The molecule has 0 bridgehead atoms. The molecule has 2 aromatic rings. The van der Waals surface area contributed by atoms with Crippen molar-refractivity contribution in [2.45, 2.75) is 51.5 Å². The van der Waals surface area contributed by atoms with E-state index in [2.05, 4.69) is 33.9 Å². The number of nitrogens with one attached hydrogen (secondary N) is 1. The van der Waals surface area contributed by atoms with Gasteiger partial charge in [-0.2, -0.15) is 0 Å². The SMILES string of the molecule is Cc1cnc(C2CC2)n1CCNC(=O)CCCc1ccccc1. The van der Waals surface area contributed by atoms with Crippen LogP contribution in [0.4, 0.5) is 0 Å². The van der Waals surface area contributed by atoms with E-state index in [0.29, 0.717) is 18.9 Å². The predicted molar refractivity (Wildman–Crippen MR) is 91.3 cm³/mol. The van der Waals surface area contributed by atoms with Gasteiger partial charge in [0, 0.05) is 37.3 Å². The summed E-state index contributed by atoms with van der Waals surface area (Å²) in [5.74, 6) is 1.98. The Morgan fingerprint density at radius 1 is 1.30 bits per heavy atom. The summed E-state index contributed by atoms with van der Waals surface area (Å²) in [4.78, 5) is 16.5. The van der Waals surface area contributed by atoms with Crippen LogP contribution in [0.15, 0.2) is 36.5 Å². The molecule has 1 heterocycles. The lowest BCUT2D eigenvalue weighted by Crippen LogP contribution is -2.27. The molecule has 4 heteroatoms. The smallest absolute Gasteiger partial charge is 0.220 e. The first-order valence-electron chi connectivity index (χ1n) is 8.56. The van der Waals surface area contributed by atoms with Crippen LogP contribution in [0.5, 0.6) is 0 Å². The lowest BCUT2D eigenvalue weighted by Gasteiger charge is -2.11. The molecule has 1 fully saturated rings. The topological polar surface area (TPSA) is 46.9 Å². The molecule has 1 amide bonds. The molecule has 0 saturated heterocycles. The molecule has 1 aromatic heterocycles. The first kappa shape index (κ1) is 15.8. The summed E-state index contributed by atoms with van der Waals surface area (Å²) in [5.41, 5.74) is 2.48. The van der Waals surface area contributed by atoms with Gasteiger partial charge in [0.05, 0.1) is 0 Å². The van der Waals surface area contributed by atoms with E-state index in [0.717, 1.165) is 19.4 Å². The van der Waals surface area contributed by atoms with Gasteiger partial charge in [-0.25, -0.2) is 4.98 Å². The number of amides is 1. The minimum atomic E-state index is 0.145. The number of aryl methyl sites for hydroxylation is 2.